The smallest absolute Gasteiger partial charge is 0.414 e. The molecular formula is C21H25BrN2O4. The van der Waals surface area contributed by atoms with Crippen LogP contribution in [0.15, 0.2) is 53.0 Å². The van der Waals surface area contributed by atoms with Gasteiger partial charge in [0.05, 0.1) is 0 Å². The third-order valence-corrected chi connectivity index (χ3v) is 5.44. The Balaban J connectivity index is 0.000000409. The minimum Gasteiger partial charge on any atom is -0.473 e. The van der Waals surface area contributed by atoms with Gasteiger partial charge in [-0.2, -0.15) is 0 Å². The second kappa shape index (κ2) is 10.8. The van der Waals surface area contributed by atoms with Crippen molar-refractivity contribution in [2.24, 2.45) is 0 Å². The molecule has 2 aromatic carbocycles. The van der Waals surface area contributed by atoms with E-state index in [0.717, 1.165) is 6.54 Å². The lowest BCUT2D eigenvalue weighted by atomic mass is 10.0. The number of rotatable bonds is 4. The van der Waals surface area contributed by atoms with Crippen molar-refractivity contribution in [3.63, 3.8) is 0 Å². The summed E-state index contributed by atoms with van der Waals surface area (Å²) in [5.74, 6) is -3.65. The lowest BCUT2D eigenvalue weighted by molar-refractivity contribution is -0.159. The Labute approximate surface area is 173 Å². The largest absolute Gasteiger partial charge is 0.473 e. The number of hydrogen-bond acceptors (Lipinski definition) is 4. The average Bonchev–Trinajstić information content (AvgIpc) is 2.67. The minimum absolute atomic E-state index is 0.590. The van der Waals surface area contributed by atoms with Gasteiger partial charge in [0.1, 0.15) is 0 Å². The maximum atomic E-state index is 9.10. The highest BCUT2D eigenvalue weighted by Gasteiger charge is 2.19. The maximum Gasteiger partial charge on any atom is 0.414 e. The second-order valence-corrected chi connectivity index (χ2v) is 7.61. The summed E-state index contributed by atoms with van der Waals surface area (Å²) < 4.78 is 1.18. The molecule has 150 valence electrons. The van der Waals surface area contributed by atoms with Crippen molar-refractivity contribution >= 4 is 33.6 Å². The zero-order valence-electron chi connectivity index (χ0n) is 15.8. The van der Waals surface area contributed by atoms with Gasteiger partial charge in [0, 0.05) is 35.8 Å². The molecule has 1 saturated heterocycles. The first-order valence-corrected chi connectivity index (χ1v) is 9.89. The van der Waals surface area contributed by atoms with Gasteiger partial charge in [-0.3, -0.25) is 4.90 Å². The molecule has 0 saturated carbocycles. The molecule has 1 heterocycles. The molecule has 0 atom stereocenters. The van der Waals surface area contributed by atoms with Crippen LogP contribution < -0.4 is 5.32 Å². The van der Waals surface area contributed by atoms with Crippen molar-refractivity contribution in [3.05, 3.63) is 64.1 Å². The Kier molecular flexibility index (Phi) is 8.47. The summed E-state index contributed by atoms with van der Waals surface area (Å²) in [6.07, 6.45) is 2.42. The van der Waals surface area contributed by atoms with Gasteiger partial charge in [-0.1, -0.05) is 46.3 Å². The molecule has 0 amide bonds. The van der Waals surface area contributed by atoms with Crippen LogP contribution in [-0.2, 0) is 16.1 Å². The molecule has 7 heteroatoms. The van der Waals surface area contributed by atoms with Crippen LogP contribution in [0.4, 0.5) is 5.69 Å². The summed E-state index contributed by atoms with van der Waals surface area (Å²) in [4.78, 5) is 20.8. The second-order valence-electron chi connectivity index (χ2n) is 6.75. The molecule has 0 aliphatic carbocycles. The number of aryl methyl sites for hydroxylation is 1. The zero-order chi connectivity index (χ0) is 20.5. The third-order valence-electron chi connectivity index (χ3n) is 4.55. The predicted octanol–water partition coefficient (Wildman–Crippen LogP) is 3.99. The highest BCUT2D eigenvalue weighted by molar-refractivity contribution is 9.10. The zero-order valence-corrected chi connectivity index (χ0v) is 17.4. The van der Waals surface area contributed by atoms with Crippen molar-refractivity contribution in [1.29, 1.82) is 0 Å². The molecule has 1 aliphatic heterocycles. The molecule has 0 spiro atoms. The quantitative estimate of drug-likeness (QED) is 0.612. The number of piperidine rings is 1. The molecule has 0 radical (unpaired) electrons. The van der Waals surface area contributed by atoms with Crippen molar-refractivity contribution < 1.29 is 19.8 Å². The van der Waals surface area contributed by atoms with E-state index in [-0.39, 0.29) is 0 Å². The van der Waals surface area contributed by atoms with Gasteiger partial charge in [0.25, 0.3) is 0 Å². The van der Waals surface area contributed by atoms with Crippen molar-refractivity contribution in [2.75, 3.05) is 18.4 Å². The molecule has 0 aromatic heterocycles. The van der Waals surface area contributed by atoms with E-state index in [0.29, 0.717) is 6.04 Å². The van der Waals surface area contributed by atoms with E-state index >= 15 is 0 Å². The summed E-state index contributed by atoms with van der Waals surface area (Å²) in [6, 6.07) is 17.9. The Hall–Kier alpha value is -2.38. The number of carboxylic acids is 2. The van der Waals surface area contributed by atoms with Crippen LogP contribution in [0.2, 0.25) is 0 Å². The number of aliphatic carboxylic acids is 2. The highest BCUT2D eigenvalue weighted by Crippen LogP contribution is 2.23. The van der Waals surface area contributed by atoms with E-state index < -0.39 is 11.9 Å². The lowest BCUT2D eigenvalue weighted by Crippen LogP contribution is -2.38. The number of likely N-dealkylation sites (tertiary alicyclic amines) is 1. The Morgan fingerprint density at radius 3 is 2.21 bits per heavy atom. The first kappa shape index (κ1) is 21.9. The molecule has 1 fully saturated rings. The normalized spacial score (nSPS) is 14.6. The van der Waals surface area contributed by atoms with Crippen molar-refractivity contribution in [2.45, 2.75) is 32.4 Å². The number of nitrogens with one attached hydrogen (secondary N) is 1. The van der Waals surface area contributed by atoms with E-state index in [2.05, 4.69) is 81.6 Å². The molecule has 2 aromatic rings. The summed E-state index contributed by atoms with van der Waals surface area (Å²) in [5.41, 5.74) is 3.94. The number of halogens is 1. The summed E-state index contributed by atoms with van der Waals surface area (Å²) >= 11 is 3.56. The maximum absolute atomic E-state index is 9.10. The predicted molar refractivity (Wildman–Crippen MR) is 113 cm³/mol. The molecule has 1 aliphatic rings. The Morgan fingerprint density at radius 1 is 1.07 bits per heavy atom. The summed E-state index contributed by atoms with van der Waals surface area (Å²) in [6.45, 7) is 5.55. The van der Waals surface area contributed by atoms with E-state index in [9.17, 15) is 0 Å². The first-order chi connectivity index (χ1) is 13.3. The van der Waals surface area contributed by atoms with Crippen molar-refractivity contribution in [1.82, 2.24) is 4.90 Å². The summed E-state index contributed by atoms with van der Waals surface area (Å²) in [5, 5.41) is 18.5. The number of carboxylic acid groups (broad SMARTS) is 2. The van der Waals surface area contributed by atoms with E-state index in [1.54, 1.807) is 0 Å². The molecule has 0 bridgehead atoms. The van der Waals surface area contributed by atoms with E-state index in [1.165, 1.54) is 47.2 Å². The van der Waals surface area contributed by atoms with Crippen LogP contribution in [-0.4, -0.2) is 46.2 Å². The number of carbonyl (C=O) groups is 2. The molecule has 28 heavy (non-hydrogen) atoms. The fourth-order valence-electron chi connectivity index (χ4n) is 3.05. The molecular weight excluding hydrogens is 424 g/mol. The Morgan fingerprint density at radius 2 is 1.68 bits per heavy atom. The third kappa shape index (κ3) is 7.32. The number of nitrogens with zero attached hydrogens (tertiary/aromatic N) is 1. The van der Waals surface area contributed by atoms with Gasteiger partial charge in [-0.05, 0) is 49.1 Å². The van der Waals surface area contributed by atoms with Gasteiger partial charge in [-0.15, -0.1) is 0 Å². The van der Waals surface area contributed by atoms with Gasteiger partial charge < -0.3 is 15.5 Å². The first-order valence-electron chi connectivity index (χ1n) is 9.10. The topological polar surface area (TPSA) is 89.9 Å². The molecule has 6 nitrogen and oxygen atoms in total. The number of hydrogen-bond donors (Lipinski definition) is 3. The number of benzene rings is 2. The van der Waals surface area contributed by atoms with Crippen LogP contribution in [0, 0.1) is 6.92 Å². The monoisotopic (exact) mass is 448 g/mol. The SMILES string of the molecule is Cc1cc(NC2CCN(Cc3ccccc3)CC2)ccc1Br.O=C(O)C(=O)O. The fraction of sp³-hybridized carbons (Fsp3) is 0.333. The lowest BCUT2D eigenvalue weighted by Gasteiger charge is -2.33. The molecule has 3 rings (SSSR count). The molecule has 3 N–H and O–H groups in total. The van der Waals surface area contributed by atoms with Gasteiger partial charge in [0.15, 0.2) is 0 Å². The van der Waals surface area contributed by atoms with Gasteiger partial charge >= 0.3 is 11.9 Å². The number of anilines is 1. The van der Waals surface area contributed by atoms with Crippen LogP contribution in [0.25, 0.3) is 0 Å². The summed E-state index contributed by atoms with van der Waals surface area (Å²) in [7, 11) is 0. The van der Waals surface area contributed by atoms with Gasteiger partial charge in [0.2, 0.25) is 0 Å². The molecule has 0 unspecified atom stereocenters. The van der Waals surface area contributed by atoms with Crippen molar-refractivity contribution in [3.8, 4) is 0 Å². The van der Waals surface area contributed by atoms with E-state index in [4.69, 9.17) is 19.8 Å². The fourth-order valence-corrected chi connectivity index (χ4v) is 3.29. The highest BCUT2D eigenvalue weighted by atomic mass is 79.9. The average molecular weight is 449 g/mol. The Bertz CT molecular complexity index is 778. The van der Waals surface area contributed by atoms with Crippen LogP contribution in [0.5, 0.6) is 0 Å². The van der Waals surface area contributed by atoms with Crippen LogP contribution in [0.3, 0.4) is 0 Å². The van der Waals surface area contributed by atoms with Gasteiger partial charge in [-0.25, -0.2) is 9.59 Å². The van der Waals surface area contributed by atoms with E-state index in [1.807, 2.05) is 0 Å². The van der Waals surface area contributed by atoms with Crippen LogP contribution in [0.1, 0.15) is 24.0 Å². The standard InChI is InChI=1S/C19H23BrN2.C2H2O4/c1-15-13-18(7-8-19(15)20)21-17-9-11-22(12-10-17)14-16-5-3-2-4-6-16;3-1(4)2(5)6/h2-8,13,17,21H,9-12,14H2,1H3;(H,3,4)(H,5,6). The minimum atomic E-state index is -1.82. The van der Waals surface area contributed by atoms with Crippen LogP contribution >= 0.6 is 15.9 Å².